The standard InChI is InChI=1S/C26H30FN5O4/c27-20-11-30-21-3-4-24(34)32-19(15-36-26(20)25(21)32)14-31-6-5-22(33)17(13-31)9-28-10-18-8-16-2-1-7-35-23(16)12-29-18/h3-4,8,11-12,17,19,22,28,33H,1-2,5-7,9-10,13-15H2/t17?,19-,22?/m1/s1. The number of pyridine rings is 3. The Morgan fingerprint density at radius 3 is 3.06 bits per heavy atom. The largest absolute Gasteiger partial charge is 0.492 e. The van der Waals surface area contributed by atoms with Crippen LogP contribution in [0.15, 0.2) is 35.4 Å². The molecular formula is C26H30FN5O4. The van der Waals surface area contributed by atoms with Gasteiger partial charge in [-0.15, -0.1) is 0 Å². The minimum absolute atomic E-state index is 0.0446. The van der Waals surface area contributed by atoms with Crippen molar-refractivity contribution in [1.29, 1.82) is 0 Å². The lowest BCUT2D eigenvalue weighted by atomic mass is 9.94. The van der Waals surface area contributed by atoms with Crippen LogP contribution in [0.2, 0.25) is 0 Å². The minimum atomic E-state index is -0.562. The normalized spacial score (nSPS) is 23.7. The average molecular weight is 496 g/mol. The number of piperidine rings is 1. The molecule has 6 rings (SSSR count). The smallest absolute Gasteiger partial charge is 0.251 e. The number of fused-ring (bicyclic) bond motifs is 1. The third-order valence-corrected chi connectivity index (χ3v) is 7.45. The van der Waals surface area contributed by atoms with Crippen LogP contribution in [0, 0.1) is 11.7 Å². The molecule has 3 aromatic heterocycles. The first kappa shape index (κ1) is 23.3. The SMILES string of the molecule is O=c1ccc2ncc(F)c3c2n1[C@H](CN1CCC(O)C(CNCc2cc4c(cn2)OCCC4)C1)CO3. The van der Waals surface area contributed by atoms with Crippen LogP contribution in [0.4, 0.5) is 4.39 Å². The number of nitrogens with zero attached hydrogens (tertiary/aromatic N) is 4. The lowest BCUT2D eigenvalue weighted by Gasteiger charge is -2.39. The van der Waals surface area contributed by atoms with E-state index in [4.69, 9.17) is 9.47 Å². The first-order chi connectivity index (χ1) is 17.6. The minimum Gasteiger partial charge on any atom is -0.492 e. The molecule has 2 N–H and O–H groups in total. The number of likely N-dealkylation sites (tertiary alicyclic amines) is 1. The van der Waals surface area contributed by atoms with Crippen molar-refractivity contribution < 1.29 is 19.0 Å². The molecule has 0 radical (unpaired) electrons. The van der Waals surface area contributed by atoms with Crippen molar-refractivity contribution in [2.24, 2.45) is 5.92 Å². The van der Waals surface area contributed by atoms with Crippen LogP contribution in [0.1, 0.15) is 30.1 Å². The summed E-state index contributed by atoms with van der Waals surface area (Å²) < 4.78 is 27.3. The predicted molar refractivity (Wildman–Crippen MR) is 131 cm³/mol. The van der Waals surface area contributed by atoms with E-state index in [2.05, 4.69) is 26.3 Å². The second-order valence-electron chi connectivity index (χ2n) is 9.92. The van der Waals surface area contributed by atoms with E-state index in [1.165, 1.54) is 11.6 Å². The zero-order valence-corrected chi connectivity index (χ0v) is 20.0. The Morgan fingerprint density at radius 2 is 2.14 bits per heavy atom. The summed E-state index contributed by atoms with van der Waals surface area (Å²) >= 11 is 0. The summed E-state index contributed by atoms with van der Waals surface area (Å²) in [5, 5.41) is 14.1. The van der Waals surface area contributed by atoms with Gasteiger partial charge in [-0.1, -0.05) is 0 Å². The molecule has 0 spiro atoms. The maximum Gasteiger partial charge on any atom is 0.251 e. The fraction of sp³-hybridized carbons (Fsp3) is 0.500. The molecule has 1 saturated heterocycles. The van der Waals surface area contributed by atoms with Gasteiger partial charge in [-0.05, 0) is 37.0 Å². The number of rotatable bonds is 6. The molecule has 0 aliphatic carbocycles. The van der Waals surface area contributed by atoms with Gasteiger partial charge in [0.05, 0.1) is 42.4 Å². The molecule has 3 aliphatic rings. The molecule has 6 heterocycles. The van der Waals surface area contributed by atoms with E-state index in [9.17, 15) is 14.3 Å². The Balaban J connectivity index is 1.11. The summed E-state index contributed by atoms with van der Waals surface area (Å²) in [6, 6.07) is 4.92. The van der Waals surface area contributed by atoms with E-state index < -0.39 is 11.9 Å². The molecule has 2 unspecified atom stereocenters. The molecule has 3 atom stereocenters. The number of nitrogens with one attached hydrogen (secondary N) is 1. The van der Waals surface area contributed by atoms with Crippen molar-refractivity contribution in [3.05, 3.63) is 58.0 Å². The lowest BCUT2D eigenvalue weighted by Crippen LogP contribution is -2.49. The number of hydrogen-bond donors (Lipinski definition) is 2. The molecule has 0 aromatic carbocycles. The summed E-state index contributed by atoms with van der Waals surface area (Å²) in [5.41, 5.74) is 2.93. The molecule has 0 saturated carbocycles. The van der Waals surface area contributed by atoms with Gasteiger partial charge >= 0.3 is 0 Å². The lowest BCUT2D eigenvalue weighted by molar-refractivity contribution is 0.0184. The monoisotopic (exact) mass is 495 g/mol. The van der Waals surface area contributed by atoms with Crippen LogP contribution in [-0.4, -0.2) is 70.0 Å². The third-order valence-electron chi connectivity index (χ3n) is 7.45. The summed E-state index contributed by atoms with van der Waals surface area (Å²) in [7, 11) is 0. The summed E-state index contributed by atoms with van der Waals surface area (Å²) in [4.78, 5) is 23.7. The number of aromatic nitrogens is 3. The van der Waals surface area contributed by atoms with Crippen LogP contribution >= 0.6 is 0 Å². The number of aliphatic hydroxyl groups is 1. The zero-order valence-electron chi connectivity index (χ0n) is 20.0. The van der Waals surface area contributed by atoms with Crippen LogP contribution in [0.5, 0.6) is 11.5 Å². The second-order valence-corrected chi connectivity index (χ2v) is 9.92. The van der Waals surface area contributed by atoms with Crippen LogP contribution in [0.3, 0.4) is 0 Å². The number of halogens is 1. The van der Waals surface area contributed by atoms with Gasteiger partial charge in [-0.2, -0.15) is 0 Å². The van der Waals surface area contributed by atoms with Crippen molar-refractivity contribution in [2.75, 3.05) is 39.4 Å². The second kappa shape index (κ2) is 9.76. The molecule has 0 bridgehead atoms. The number of aryl methyl sites for hydroxylation is 1. The molecule has 36 heavy (non-hydrogen) atoms. The summed E-state index contributed by atoms with van der Waals surface area (Å²) in [6.45, 7) is 4.22. The average Bonchev–Trinajstić information content (AvgIpc) is 2.89. The van der Waals surface area contributed by atoms with Gasteiger partial charge in [0.1, 0.15) is 17.9 Å². The Labute approximate surface area is 207 Å². The predicted octanol–water partition coefficient (Wildman–Crippen LogP) is 1.66. The highest BCUT2D eigenvalue weighted by Crippen LogP contribution is 2.33. The first-order valence-electron chi connectivity index (χ1n) is 12.6. The van der Waals surface area contributed by atoms with E-state index in [1.54, 1.807) is 16.8 Å². The van der Waals surface area contributed by atoms with Crippen LogP contribution in [-0.2, 0) is 13.0 Å². The highest BCUT2D eigenvalue weighted by atomic mass is 19.1. The van der Waals surface area contributed by atoms with Gasteiger partial charge in [-0.3, -0.25) is 19.3 Å². The number of aliphatic hydroxyl groups excluding tert-OH is 1. The Morgan fingerprint density at radius 1 is 1.22 bits per heavy atom. The van der Waals surface area contributed by atoms with Crippen molar-refractivity contribution in [2.45, 2.75) is 38.0 Å². The summed E-state index contributed by atoms with van der Waals surface area (Å²) in [5.74, 6) is 0.454. The van der Waals surface area contributed by atoms with Gasteiger partial charge in [0.25, 0.3) is 5.56 Å². The Kier molecular flexibility index (Phi) is 6.32. The Bertz CT molecular complexity index is 1330. The van der Waals surface area contributed by atoms with Crippen molar-refractivity contribution in [3.63, 3.8) is 0 Å². The highest BCUT2D eigenvalue weighted by molar-refractivity contribution is 5.82. The molecule has 10 heteroatoms. The highest BCUT2D eigenvalue weighted by Gasteiger charge is 2.32. The van der Waals surface area contributed by atoms with E-state index in [0.717, 1.165) is 43.6 Å². The van der Waals surface area contributed by atoms with Gasteiger partial charge in [0, 0.05) is 44.7 Å². The molecule has 3 aliphatic heterocycles. The van der Waals surface area contributed by atoms with Crippen LogP contribution < -0.4 is 20.3 Å². The molecule has 0 amide bonds. The van der Waals surface area contributed by atoms with E-state index >= 15 is 0 Å². The topological polar surface area (TPSA) is 102 Å². The van der Waals surface area contributed by atoms with E-state index in [0.29, 0.717) is 43.6 Å². The number of hydrogen-bond acceptors (Lipinski definition) is 8. The fourth-order valence-corrected chi connectivity index (χ4v) is 5.61. The first-order valence-corrected chi connectivity index (χ1v) is 12.6. The maximum atomic E-state index is 14.3. The fourth-order valence-electron chi connectivity index (χ4n) is 5.61. The van der Waals surface area contributed by atoms with Crippen molar-refractivity contribution in [1.82, 2.24) is 24.8 Å². The Hall–Kier alpha value is -3.08. The van der Waals surface area contributed by atoms with E-state index in [-0.39, 0.29) is 29.9 Å². The quantitative estimate of drug-likeness (QED) is 0.533. The molecular weight excluding hydrogens is 465 g/mol. The third kappa shape index (κ3) is 4.44. The molecule has 1 fully saturated rings. The van der Waals surface area contributed by atoms with Crippen molar-refractivity contribution >= 4 is 11.0 Å². The van der Waals surface area contributed by atoms with E-state index in [1.807, 2.05) is 0 Å². The van der Waals surface area contributed by atoms with Gasteiger partial charge in [0.15, 0.2) is 11.6 Å². The summed E-state index contributed by atoms with van der Waals surface area (Å²) in [6.07, 6.45) is 5.22. The van der Waals surface area contributed by atoms with Crippen molar-refractivity contribution in [3.8, 4) is 11.5 Å². The number of ether oxygens (including phenoxy) is 2. The molecule has 190 valence electrons. The molecule has 3 aromatic rings. The zero-order chi connectivity index (χ0) is 24.6. The van der Waals surface area contributed by atoms with Gasteiger partial charge in [-0.25, -0.2) is 4.39 Å². The van der Waals surface area contributed by atoms with Gasteiger partial charge in [0.2, 0.25) is 0 Å². The maximum absolute atomic E-state index is 14.3. The molecule has 9 nitrogen and oxygen atoms in total. The van der Waals surface area contributed by atoms with Gasteiger partial charge < -0.3 is 24.8 Å². The van der Waals surface area contributed by atoms with Crippen LogP contribution in [0.25, 0.3) is 11.0 Å².